The van der Waals surface area contributed by atoms with E-state index in [0.717, 1.165) is 0 Å². The first-order valence-electron chi connectivity index (χ1n) is 7.35. The van der Waals surface area contributed by atoms with Crippen molar-refractivity contribution in [2.75, 3.05) is 13.1 Å². The second kappa shape index (κ2) is 7.87. The second-order valence-electron chi connectivity index (χ2n) is 5.14. The summed E-state index contributed by atoms with van der Waals surface area (Å²) in [5.41, 5.74) is 1.29. The lowest BCUT2D eigenvalue weighted by Crippen LogP contribution is -2.34. The molecule has 2 N–H and O–H groups in total. The van der Waals surface area contributed by atoms with E-state index in [9.17, 15) is 19.7 Å². The van der Waals surface area contributed by atoms with Crippen molar-refractivity contribution in [3.05, 3.63) is 75.3 Å². The van der Waals surface area contributed by atoms with E-state index in [1.165, 1.54) is 18.2 Å². The second-order valence-corrected chi connectivity index (χ2v) is 5.14. The minimum Gasteiger partial charge on any atom is -0.350 e. The average molecular weight is 327 g/mol. The van der Waals surface area contributed by atoms with Crippen molar-refractivity contribution in [3.8, 4) is 0 Å². The normalized spacial score (nSPS) is 10.0. The van der Waals surface area contributed by atoms with Crippen LogP contribution in [0.15, 0.2) is 48.5 Å². The van der Waals surface area contributed by atoms with Crippen LogP contribution in [-0.4, -0.2) is 29.8 Å². The Labute approximate surface area is 138 Å². The van der Waals surface area contributed by atoms with E-state index in [1.807, 2.05) is 6.07 Å². The van der Waals surface area contributed by atoms with Gasteiger partial charge in [-0.1, -0.05) is 18.2 Å². The molecule has 124 valence electrons. The molecule has 7 nitrogen and oxygen atoms in total. The molecule has 0 aliphatic carbocycles. The number of hydrogen-bond acceptors (Lipinski definition) is 4. The van der Waals surface area contributed by atoms with E-state index in [2.05, 4.69) is 10.6 Å². The Morgan fingerprint density at radius 2 is 1.54 bits per heavy atom. The number of nitro benzene ring substituents is 1. The first-order valence-corrected chi connectivity index (χ1v) is 7.35. The Bertz CT molecular complexity index is 760. The first-order chi connectivity index (χ1) is 11.5. The summed E-state index contributed by atoms with van der Waals surface area (Å²) >= 11 is 0. The minimum absolute atomic E-state index is 0.0262. The molecule has 0 atom stereocenters. The molecule has 0 heterocycles. The molecular formula is C17H17N3O4. The molecule has 2 amide bonds. The highest BCUT2D eigenvalue weighted by Gasteiger charge is 2.13. The lowest BCUT2D eigenvalue weighted by molar-refractivity contribution is -0.385. The highest BCUT2D eigenvalue weighted by molar-refractivity contribution is 5.95. The third kappa shape index (κ3) is 4.39. The lowest BCUT2D eigenvalue weighted by Gasteiger charge is -2.08. The third-order valence-electron chi connectivity index (χ3n) is 3.39. The van der Waals surface area contributed by atoms with Crippen molar-refractivity contribution < 1.29 is 14.5 Å². The standard InChI is InChI=1S/C17H17N3O4/c1-12-11-14(7-8-15(12)20(23)24)17(22)19-10-9-18-16(21)13-5-3-2-4-6-13/h2-8,11H,9-10H2,1H3,(H,18,21)(H,19,22). The molecule has 0 aliphatic rings. The molecule has 24 heavy (non-hydrogen) atoms. The summed E-state index contributed by atoms with van der Waals surface area (Å²) in [6, 6.07) is 13.0. The van der Waals surface area contributed by atoms with E-state index >= 15 is 0 Å². The summed E-state index contributed by atoms with van der Waals surface area (Å²) in [4.78, 5) is 34.1. The number of aryl methyl sites for hydroxylation is 1. The van der Waals surface area contributed by atoms with Crippen molar-refractivity contribution in [1.82, 2.24) is 10.6 Å². The van der Waals surface area contributed by atoms with Gasteiger partial charge in [-0.25, -0.2) is 0 Å². The predicted octanol–water partition coefficient (Wildman–Crippen LogP) is 2.06. The quantitative estimate of drug-likeness (QED) is 0.482. The smallest absolute Gasteiger partial charge is 0.272 e. The van der Waals surface area contributed by atoms with Gasteiger partial charge >= 0.3 is 0 Å². The van der Waals surface area contributed by atoms with E-state index in [1.54, 1.807) is 31.2 Å². The minimum atomic E-state index is -0.490. The summed E-state index contributed by atoms with van der Waals surface area (Å²) < 4.78 is 0. The molecule has 7 heteroatoms. The van der Waals surface area contributed by atoms with Crippen LogP contribution >= 0.6 is 0 Å². The number of hydrogen-bond donors (Lipinski definition) is 2. The zero-order valence-corrected chi connectivity index (χ0v) is 13.1. The summed E-state index contributed by atoms with van der Waals surface area (Å²) in [6.45, 7) is 2.12. The van der Waals surface area contributed by atoms with Gasteiger partial charge in [-0.2, -0.15) is 0 Å². The topological polar surface area (TPSA) is 101 Å². The molecule has 2 aromatic carbocycles. The van der Waals surface area contributed by atoms with Crippen LogP contribution in [0.4, 0.5) is 5.69 Å². The van der Waals surface area contributed by atoms with Gasteiger partial charge in [0.25, 0.3) is 17.5 Å². The van der Waals surface area contributed by atoms with Gasteiger partial charge in [0, 0.05) is 35.8 Å². The highest BCUT2D eigenvalue weighted by atomic mass is 16.6. The molecule has 0 bridgehead atoms. The number of rotatable bonds is 6. The molecule has 0 unspecified atom stereocenters. The van der Waals surface area contributed by atoms with Gasteiger partial charge in [-0.15, -0.1) is 0 Å². The largest absolute Gasteiger partial charge is 0.350 e. The fraction of sp³-hybridized carbons (Fsp3) is 0.176. The van der Waals surface area contributed by atoms with Crippen molar-refractivity contribution >= 4 is 17.5 Å². The summed E-state index contributed by atoms with van der Waals surface area (Å²) in [5.74, 6) is -0.557. The molecule has 0 radical (unpaired) electrons. The Morgan fingerprint density at radius 3 is 2.08 bits per heavy atom. The molecule has 0 fully saturated rings. The Hall–Kier alpha value is -3.22. The third-order valence-corrected chi connectivity index (χ3v) is 3.39. The summed E-state index contributed by atoms with van der Waals surface area (Å²) in [7, 11) is 0. The fourth-order valence-electron chi connectivity index (χ4n) is 2.15. The van der Waals surface area contributed by atoms with Crippen LogP contribution < -0.4 is 10.6 Å². The molecule has 0 saturated heterocycles. The van der Waals surface area contributed by atoms with Gasteiger partial charge in [0.2, 0.25) is 0 Å². The number of nitro groups is 1. The Morgan fingerprint density at radius 1 is 0.958 bits per heavy atom. The Kier molecular flexibility index (Phi) is 5.62. The van der Waals surface area contributed by atoms with Crippen LogP contribution in [0.1, 0.15) is 26.3 Å². The maximum atomic E-state index is 12.0. The molecule has 0 saturated carbocycles. The van der Waals surface area contributed by atoms with Crippen LogP contribution in [0.25, 0.3) is 0 Å². The van der Waals surface area contributed by atoms with Gasteiger partial charge in [-0.05, 0) is 31.2 Å². The van der Waals surface area contributed by atoms with Crippen LogP contribution in [0.3, 0.4) is 0 Å². The van der Waals surface area contributed by atoms with Crippen molar-refractivity contribution in [2.24, 2.45) is 0 Å². The number of nitrogens with one attached hydrogen (secondary N) is 2. The lowest BCUT2D eigenvalue weighted by atomic mass is 10.1. The van der Waals surface area contributed by atoms with E-state index in [0.29, 0.717) is 16.7 Å². The van der Waals surface area contributed by atoms with Gasteiger partial charge in [0.15, 0.2) is 0 Å². The van der Waals surface area contributed by atoms with Gasteiger partial charge in [0.1, 0.15) is 0 Å². The monoisotopic (exact) mass is 327 g/mol. The SMILES string of the molecule is Cc1cc(C(=O)NCCNC(=O)c2ccccc2)ccc1[N+](=O)[O-]. The van der Waals surface area contributed by atoms with Gasteiger partial charge in [-0.3, -0.25) is 19.7 Å². The van der Waals surface area contributed by atoms with Gasteiger partial charge in [0.05, 0.1) is 4.92 Å². The fourth-order valence-corrected chi connectivity index (χ4v) is 2.15. The zero-order valence-electron chi connectivity index (χ0n) is 13.1. The Balaban J connectivity index is 1.82. The van der Waals surface area contributed by atoms with Crippen molar-refractivity contribution in [1.29, 1.82) is 0 Å². The number of benzene rings is 2. The molecule has 0 aromatic heterocycles. The maximum Gasteiger partial charge on any atom is 0.272 e. The molecule has 2 rings (SSSR count). The first kappa shape index (κ1) is 17.1. The number of carbonyl (C=O) groups is 2. The number of carbonyl (C=O) groups excluding carboxylic acids is 2. The van der Waals surface area contributed by atoms with Crippen LogP contribution in [-0.2, 0) is 0 Å². The van der Waals surface area contributed by atoms with Crippen LogP contribution in [0.5, 0.6) is 0 Å². The highest BCUT2D eigenvalue weighted by Crippen LogP contribution is 2.18. The number of nitrogens with zero attached hydrogens (tertiary/aromatic N) is 1. The van der Waals surface area contributed by atoms with Crippen LogP contribution in [0, 0.1) is 17.0 Å². The predicted molar refractivity (Wildman–Crippen MR) is 88.9 cm³/mol. The van der Waals surface area contributed by atoms with E-state index in [4.69, 9.17) is 0 Å². The molecule has 0 aliphatic heterocycles. The maximum absolute atomic E-state index is 12.0. The summed E-state index contributed by atoms with van der Waals surface area (Å²) in [5, 5.41) is 16.1. The molecule has 0 spiro atoms. The van der Waals surface area contributed by atoms with E-state index < -0.39 is 4.92 Å². The molecule has 2 aromatic rings. The zero-order chi connectivity index (χ0) is 17.5. The average Bonchev–Trinajstić information content (AvgIpc) is 2.58. The van der Waals surface area contributed by atoms with Crippen molar-refractivity contribution in [3.63, 3.8) is 0 Å². The molecular weight excluding hydrogens is 310 g/mol. The van der Waals surface area contributed by atoms with Crippen molar-refractivity contribution in [2.45, 2.75) is 6.92 Å². The number of amides is 2. The van der Waals surface area contributed by atoms with Crippen LogP contribution in [0.2, 0.25) is 0 Å². The van der Waals surface area contributed by atoms with Gasteiger partial charge < -0.3 is 10.6 Å². The summed E-state index contributed by atoms with van der Waals surface area (Å²) in [6.07, 6.45) is 0. The van der Waals surface area contributed by atoms with E-state index in [-0.39, 0.29) is 30.6 Å².